The highest BCUT2D eigenvalue weighted by Gasteiger charge is 2.16. The van der Waals surface area contributed by atoms with Crippen molar-refractivity contribution in [2.45, 2.75) is 26.2 Å². The van der Waals surface area contributed by atoms with Gasteiger partial charge >= 0.3 is 0 Å². The third kappa shape index (κ3) is 3.73. The highest BCUT2D eigenvalue weighted by atomic mass is 16.5. The molecule has 1 saturated carbocycles. The minimum atomic E-state index is 0.879. The molecule has 2 nitrogen and oxygen atoms in total. The first kappa shape index (κ1) is 9.01. The minimum Gasteiger partial charge on any atom is -0.380 e. The molecule has 0 atom stereocenters. The smallest absolute Gasteiger partial charge is 0.0591 e. The predicted molar refractivity (Wildman–Crippen MR) is 46.7 cm³/mol. The van der Waals surface area contributed by atoms with Gasteiger partial charge in [0.15, 0.2) is 0 Å². The lowest BCUT2D eigenvalue weighted by Gasteiger charge is -2.24. The molecule has 1 fully saturated rings. The van der Waals surface area contributed by atoms with Gasteiger partial charge in [0.2, 0.25) is 0 Å². The summed E-state index contributed by atoms with van der Waals surface area (Å²) in [4.78, 5) is 0. The molecule has 0 radical (unpaired) electrons. The molecule has 11 heavy (non-hydrogen) atoms. The van der Waals surface area contributed by atoms with Gasteiger partial charge in [0, 0.05) is 13.2 Å². The molecule has 0 aliphatic heterocycles. The van der Waals surface area contributed by atoms with Gasteiger partial charge in [0.05, 0.1) is 6.61 Å². The van der Waals surface area contributed by atoms with Crippen LogP contribution in [0.2, 0.25) is 0 Å². The van der Waals surface area contributed by atoms with Gasteiger partial charge in [-0.25, -0.2) is 0 Å². The van der Waals surface area contributed by atoms with Crippen LogP contribution in [0, 0.1) is 5.92 Å². The van der Waals surface area contributed by atoms with E-state index in [1.54, 1.807) is 0 Å². The summed E-state index contributed by atoms with van der Waals surface area (Å²) in [6, 6.07) is 0. The SMILES string of the molecule is CCNCCOCC1CCC1. The molecule has 66 valence electrons. The van der Waals surface area contributed by atoms with Crippen LogP contribution in [0.3, 0.4) is 0 Å². The van der Waals surface area contributed by atoms with E-state index in [1.165, 1.54) is 19.3 Å². The van der Waals surface area contributed by atoms with Crippen LogP contribution in [0.5, 0.6) is 0 Å². The predicted octanol–water partition coefficient (Wildman–Crippen LogP) is 1.41. The Bertz CT molecular complexity index is 91.6. The highest BCUT2D eigenvalue weighted by Crippen LogP contribution is 2.25. The Hall–Kier alpha value is -0.0800. The number of hydrogen-bond donors (Lipinski definition) is 1. The molecule has 0 aromatic heterocycles. The summed E-state index contributed by atoms with van der Waals surface area (Å²) >= 11 is 0. The van der Waals surface area contributed by atoms with Crippen molar-refractivity contribution in [1.82, 2.24) is 5.32 Å². The van der Waals surface area contributed by atoms with Gasteiger partial charge in [-0.05, 0) is 25.3 Å². The van der Waals surface area contributed by atoms with Crippen molar-refractivity contribution >= 4 is 0 Å². The Labute approximate surface area is 69.3 Å². The fraction of sp³-hybridized carbons (Fsp3) is 1.00. The van der Waals surface area contributed by atoms with E-state index >= 15 is 0 Å². The first-order valence-electron chi connectivity index (χ1n) is 4.72. The van der Waals surface area contributed by atoms with Crippen LogP contribution < -0.4 is 5.32 Å². The van der Waals surface area contributed by atoms with Crippen LogP contribution in [-0.4, -0.2) is 26.3 Å². The topological polar surface area (TPSA) is 21.3 Å². The lowest BCUT2D eigenvalue weighted by Crippen LogP contribution is -2.23. The maximum Gasteiger partial charge on any atom is 0.0591 e. The molecule has 0 heterocycles. The maximum atomic E-state index is 5.48. The van der Waals surface area contributed by atoms with Crippen molar-refractivity contribution in [2.75, 3.05) is 26.3 Å². The van der Waals surface area contributed by atoms with Crippen LogP contribution in [-0.2, 0) is 4.74 Å². The summed E-state index contributed by atoms with van der Waals surface area (Å²) < 4.78 is 5.48. The second-order valence-corrected chi connectivity index (χ2v) is 3.23. The van der Waals surface area contributed by atoms with Crippen LogP contribution in [0.15, 0.2) is 0 Å². The van der Waals surface area contributed by atoms with Crippen molar-refractivity contribution in [3.63, 3.8) is 0 Å². The van der Waals surface area contributed by atoms with Crippen molar-refractivity contribution in [3.8, 4) is 0 Å². The Balaban J connectivity index is 1.73. The highest BCUT2D eigenvalue weighted by molar-refractivity contribution is 4.68. The quantitative estimate of drug-likeness (QED) is 0.589. The van der Waals surface area contributed by atoms with Crippen molar-refractivity contribution in [3.05, 3.63) is 0 Å². The summed E-state index contributed by atoms with van der Waals surface area (Å²) in [7, 11) is 0. The Morgan fingerprint density at radius 1 is 1.45 bits per heavy atom. The Morgan fingerprint density at radius 3 is 2.82 bits per heavy atom. The number of rotatable bonds is 6. The summed E-state index contributed by atoms with van der Waals surface area (Å²) in [6.45, 7) is 6.04. The van der Waals surface area contributed by atoms with Gasteiger partial charge in [-0.3, -0.25) is 0 Å². The Morgan fingerprint density at radius 2 is 2.27 bits per heavy atom. The number of likely N-dealkylation sites (N-methyl/N-ethyl adjacent to an activating group) is 1. The van der Waals surface area contributed by atoms with Crippen LogP contribution in [0.1, 0.15) is 26.2 Å². The zero-order valence-electron chi connectivity index (χ0n) is 7.44. The Kier molecular flexibility index (Phi) is 4.55. The summed E-state index contributed by atoms with van der Waals surface area (Å²) in [5, 5.41) is 3.23. The van der Waals surface area contributed by atoms with Gasteiger partial charge in [0.25, 0.3) is 0 Å². The lowest BCUT2D eigenvalue weighted by atomic mass is 9.86. The van der Waals surface area contributed by atoms with E-state index in [1.807, 2.05) is 0 Å². The molecule has 1 N–H and O–H groups in total. The molecule has 0 saturated heterocycles. The average Bonchev–Trinajstić information content (AvgIpc) is 1.93. The van der Waals surface area contributed by atoms with E-state index in [0.29, 0.717) is 0 Å². The number of hydrogen-bond acceptors (Lipinski definition) is 2. The normalized spacial score (nSPS) is 18.3. The molecule has 1 rings (SSSR count). The third-order valence-corrected chi connectivity index (χ3v) is 2.25. The molecule has 0 aromatic rings. The monoisotopic (exact) mass is 157 g/mol. The molecule has 0 bridgehead atoms. The number of ether oxygens (including phenoxy) is 1. The van der Waals surface area contributed by atoms with E-state index in [9.17, 15) is 0 Å². The zero-order chi connectivity index (χ0) is 7.94. The van der Waals surface area contributed by atoms with Crippen LogP contribution in [0.25, 0.3) is 0 Å². The molecule has 0 spiro atoms. The molecule has 1 aliphatic carbocycles. The summed E-state index contributed by atoms with van der Waals surface area (Å²) in [5.41, 5.74) is 0. The van der Waals surface area contributed by atoms with Crippen molar-refractivity contribution in [1.29, 1.82) is 0 Å². The molecular formula is C9H19NO. The molecule has 2 heteroatoms. The second-order valence-electron chi connectivity index (χ2n) is 3.23. The molecule has 0 unspecified atom stereocenters. The minimum absolute atomic E-state index is 0.879. The van der Waals surface area contributed by atoms with Crippen molar-refractivity contribution < 1.29 is 4.74 Å². The van der Waals surface area contributed by atoms with E-state index in [0.717, 1.165) is 32.2 Å². The van der Waals surface area contributed by atoms with Gasteiger partial charge in [-0.1, -0.05) is 13.3 Å². The summed E-state index contributed by atoms with van der Waals surface area (Å²) in [6.07, 6.45) is 4.20. The fourth-order valence-corrected chi connectivity index (χ4v) is 1.23. The fourth-order valence-electron chi connectivity index (χ4n) is 1.23. The van der Waals surface area contributed by atoms with E-state index in [-0.39, 0.29) is 0 Å². The number of nitrogens with one attached hydrogen (secondary N) is 1. The largest absolute Gasteiger partial charge is 0.380 e. The second kappa shape index (κ2) is 5.56. The molecule has 1 aliphatic rings. The van der Waals surface area contributed by atoms with E-state index in [2.05, 4.69) is 12.2 Å². The first-order valence-corrected chi connectivity index (χ1v) is 4.72. The third-order valence-electron chi connectivity index (χ3n) is 2.25. The van der Waals surface area contributed by atoms with E-state index < -0.39 is 0 Å². The van der Waals surface area contributed by atoms with Gasteiger partial charge in [0.1, 0.15) is 0 Å². The first-order chi connectivity index (χ1) is 5.43. The maximum absolute atomic E-state index is 5.48. The van der Waals surface area contributed by atoms with Gasteiger partial charge in [-0.15, -0.1) is 0 Å². The molecule has 0 aromatic carbocycles. The zero-order valence-corrected chi connectivity index (χ0v) is 7.44. The van der Waals surface area contributed by atoms with Crippen LogP contribution >= 0.6 is 0 Å². The summed E-state index contributed by atoms with van der Waals surface area (Å²) in [5.74, 6) is 0.886. The lowest BCUT2D eigenvalue weighted by molar-refractivity contribution is 0.0722. The van der Waals surface area contributed by atoms with Gasteiger partial charge < -0.3 is 10.1 Å². The standard InChI is InChI=1S/C9H19NO/c1-2-10-6-7-11-8-9-4-3-5-9/h9-10H,2-8H2,1H3. The van der Waals surface area contributed by atoms with Crippen molar-refractivity contribution in [2.24, 2.45) is 5.92 Å². The molecule has 0 amide bonds. The van der Waals surface area contributed by atoms with Gasteiger partial charge in [-0.2, -0.15) is 0 Å². The molecular weight excluding hydrogens is 138 g/mol. The van der Waals surface area contributed by atoms with E-state index in [4.69, 9.17) is 4.74 Å². The van der Waals surface area contributed by atoms with Crippen LogP contribution in [0.4, 0.5) is 0 Å². The average molecular weight is 157 g/mol.